The molecule has 4 N–H and O–H groups in total. The number of aryl methyl sites for hydroxylation is 2. The summed E-state index contributed by atoms with van der Waals surface area (Å²) in [6.07, 6.45) is 0. The van der Waals surface area contributed by atoms with Gasteiger partial charge in [-0.1, -0.05) is 13.8 Å². The molecule has 0 aliphatic rings. The first-order valence-corrected chi connectivity index (χ1v) is 9.49. The van der Waals surface area contributed by atoms with Gasteiger partial charge in [-0.2, -0.15) is 0 Å². The van der Waals surface area contributed by atoms with E-state index in [1.807, 2.05) is 27.7 Å². The van der Waals surface area contributed by atoms with E-state index in [1.165, 1.54) is 0 Å². The zero-order valence-corrected chi connectivity index (χ0v) is 17.4. The van der Waals surface area contributed by atoms with Gasteiger partial charge in [-0.25, -0.2) is 4.79 Å². The summed E-state index contributed by atoms with van der Waals surface area (Å²) in [6, 6.07) is 8.06. The van der Waals surface area contributed by atoms with Crippen LogP contribution in [-0.4, -0.2) is 23.6 Å². The lowest BCUT2D eigenvalue weighted by molar-refractivity contribution is -0.152. The number of phenolic OH excluding ortho intramolecular Hbond substituents is 1. The van der Waals surface area contributed by atoms with E-state index < -0.39 is 11.9 Å². The number of esters is 1. The third-order valence-electron chi connectivity index (χ3n) is 4.48. The maximum Gasteiger partial charge on any atom is 0.397 e. The van der Waals surface area contributed by atoms with E-state index in [0.717, 1.165) is 11.1 Å². The fourth-order valence-electron chi connectivity index (χ4n) is 2.90. The molecule has 2 aromatic carbocycles. The zero-order chi connectivity index (χ0) is 21.7. The number of rotatable bonds is 6. The van der Waals surface area contributed by atoms with E-state index in [-0.39, 0.29) is 24.3 Å². The molecule has 0 saturated carbocycles. The van der Waals surface area contributed by atoms with Crippen LogP contribution in [0.3, 0.4) is 0 Å². The molecule has 156 valence electrons. The van der Waals surface area contributed by atoms with Crippen LogP contribution in [0.1, 0.15) is 43.5 Å². The minimum absolute atomic E-state index is 0.129. The van der Waals surface area contributed by atoms with Gasteiger partial charge in [-0.15, -0.1) is 0 Å². The average molecular weight is 400 g/mol. The first kappa shape index (κ1) is 22.2. The SMILES string of the molecule is CCOC(=O)C(=O)Nc1cc(C)c(Oc2ccc(O)c(C(N)C(C)C)c2)c(C)c1. The van der Waals surface area contributed by atoms with Crippen LogP contribution in [0.15, 0.2) is 30.3 Å². The number of nitrogens with two attached hydrogens (primary N) is 1. The van der Waals surface area contributed by atoms with Gasteiger partial charge >= 0.3 is 11.9 Å². The molecule has 0 bridgehead atoms. The number of hydrogen-bond donors (Lipinski definition) is 3. The summed E-state index contributed by atoms with van der Waals surface area (Å²) in [5, 5.41) is 12.6. The van der Waals surface area contributed by atoms with Gasteiger partial charge in [0.15, 0.2) is 0 Å². The molecule has 29 heavy (non-hydrogen) atoms. The predicted octanol–water partition coefficient (Wildman–Crippen LogP) is 3.96. The Hall–Kier alpha value is -3.06. The third kappa shape index (κ3) is 5.48. The lowest BCUT2D eigenvalue weighted by Gasteiger charge is -2.19. The van der Waals surface area contributed by atoms with E-state index >= 15 is 0 Å². The second kappa shape index (κ2) is 9.43. The molecule has 2 aromatic rings. The number of benzene rings is 2. The third-order valence-corrected chi connectivity index (χ3v) is 4.48. The summed E-state index contributed by atoms with van der Waals surface area (Å²) in [7, 11) is 0. The second-order valence-corrected chi connectivity index (χ2v) is 7.21. The molecule has 1 amide bonds. The summed E-state index contributed by atoms with van der Waals surface area (Å²) in [6.45, 7) is 9.40. The molecular weight excluding hydrogens is 372 g/mol. The molecule has 0 aliphatic heterocycles. The minimum Gasteiger partial charge on any atom is -0.508 e. The van der Waals surface area contributed by atoms with Gasteiger partial charge in [0, 0.05) is 17.3 Å². The van der Waals surface area contributed by atoms with E-state index in [4.69, 9.17) is 10.5 Å². The maximum absolute atomic E-state index is 11.8. The Bertz CT molecular complexity index is 885. The summed E-state index contributed by atoms with van der Waals surface area (Å²) in [5.74, 6) is -0.311. The van der Waals surface area contributed by atoms with Crippen molar-refractivity contribution in [3.8, 4) is 17.2 Å². The number of hydrogen-bond acceptors (Lipinski definition) is 6. The molecule has 0 heterocycles. The van der Waals surface area contributed by atoms with Crippen LogP contribution in [0.25, 0.3) is 0 Å². The van der Waals surface area contributed by atoms with Gasteiger partial charge in [0.2, 0.25) is 0 Å². The van der Waals surface area contributed by atoms with Crippen LogP contribution >= 0.6 is 0 Å². The van der Waals surface area contributed by atoms with Gasteiger partial charge in [-0.05, 0) is 68.1 Å². The van der Waals surface area contributed by atoms with Gasteiger partial charge in [-0.3, -0.25) is 4.79 Å². The van der Waals surface area contributed by atoms with Crippen molar-refractivity contribution in [3.63, 3.8) is 0 Å². The number of carbonyl (C=O) groups is 2. The lowest BCUT2D eigenvalue weighted by Crippen LogP contribution is -2.25. The van der Waals surface area contributed by atoms with Crippen LogP contribution in [0.4, 0.5) is 5.69 Å². The highest BCUT2D eigenvalue weighted by Gasteiger charge is 2.18. The molecule has 0 fully saturated rings. The Morgan fingerprint density at radius 1 is 1.14 bits per heavy atom. The van der Waals surface area contributed by atoms with Crippen LogP contribution in [0.5, 0.6) is 17.2 Å². The number of carbonyl (C=O) groups excluding carboxylic acids is 2. The van der Waals surface area contributed by atoms with Crippen molar-refractivity contribution in [2.24, 2.45) is 11.7 Å². The van der Waals surface area contributed by atoms with Crippen molar-refractivity contribution in [1.29, 1.82) is 0 Å². The largest absolute Gasteiger partial charge is 0.508 e. The second-order valence-electron chi connectivity index (χ2n) is 7.21. The highest BCUT2D eigenvalue weighted by atomic mass is 16.5. The van der Waals surface area contributed by atoms with Gasteiger partial charge in [0.1, 0.15) is 17.2 Å². The first-order chi connectivity index (χ1) is 13.6. The van der Waals surface area contributed by atoms with Crippen molar-refractivity contribution < 1.29 is 24.2 Å². The van der Waals surface area contributed by atoms with E-state index in [2.05, 4.69) is 10.1 Å². The van der Waals surface area contributed by atoms with Gasteiger partial charge < -0.3 is 25.6 Å². The highest BCUT2D eigenvalue weighted by Crippen LogP contribution is 2.35. The Balaban J connectivity index is 2.25. The Kier molecular flexibility index (Phi) is 7.23. The number of ether oxygens (including phenoxy) is 2. The molecule has 0 aliphatic carbocycles. The fourth-order valence-corrected chi connectivity index (χ4v) is 2.90. The van der Waals surface area contributed by atoms with Crippen molar-refractivity contribution in [2.45, 2.75) is 40.7 Å². The van der Waals surface area contributed by atoms with Crippen molar-refractivity contribution in [1.82, 2.24) is 0 Å². The van der Waals surface area contributed by atoms with Crippen molar-refractivity contribution in [3.05, 3.63) is 47.0 Å². The average Bonchev–Trinajstić information content (AvgIpc) is 2.65. The molecular formula is C22H28N2O5. The first-order valence-electron chi connectivity index (χ1n) is 9.49. The molecule has 0 aromatic heterocycles. The summed E-state index contributed by atoms with van der Waals surface area (Å²) >= 11 is 0. The maximum atomic E-state index is 11.8. The number of anilines is 1. The standard InChI is InChI=1S/C22H28N2O5/c1-6-28-22(27)21(26)24-15-9-13(4)20(14(5)10-15)29-16-7-8-18(25)17(11-16)19(23)12(2)3/h7-12,19,25H,6,23H2,1-5H3,(H,24,26). The monoisotopic (exact) mass is 400 g/mol. The van der Waals surface area contributed by atoms with Crippen LogP contribution in [0.2, 0.25) is 0 Å². The molecule has 1 unspecified atom stereocenters. The topological polar surface area (TPSA) is 111 Å². The molecule has 0 spiro atoms. The van der Waals surface area contributed by atoms with Gasteiger partial charge in [0.05, 0.1) is 6.61 Å². The number of phenols is 1. The van der Waals surface area contributed by atoms with E-state index in [1.54, 1.807) is 37.3 Å². The van der Waals surface area contributed by atoms with Crippen LogP contribution < -0.4 is 15.8 Å². The Morgan fingerprint density at radius 3 is 2.31 bits per heavy atom. The molecule has 0 radical (unpaired) electrons. The summed E-state index contributed by atoms with van der Waals surface area (Å²) in [5.41, 5.74) is 8.81. The van der Waals surface area contributed by atoms with Crippen LogP contribution in [0, 0.1) is 19.8 Å². The van der Waals surface area contributed by atoms with Gasteiger partial charge in [0.25, 0.3) is 0 Å². The number of nitrogens with one attached hydrogen (secondary N) is 1. The number of aromatic hydroxyl groups is 1. The smallest absolute Gasteiger partial charge is 0.397 e. The van der Waals surface area contributed by atoms with Crippen molar-refractivity contribution >= 4 is 17.6 Å². The Labute approximate surface area is 170 Å². The molecule has 7 heteroatoms. The fraction of sp³-hybridized carbons (Fsp3) is 0.364. The molecule has 7 nitrogen and oxygen atoms in total. The summed E-state index contributed by atoms with van der Waals surface area (Å²) in [4.78, 5) is 23.3. The Morgan fingerprint density at radius 2 is 1.76 bits per heavy atom. The van der Waals surface area contributed by atoms with Crippen LogP contribution in [-0.2, 0) is 14.3 Å². The lowest BCUT2D eigenvalue weighted by atomic mass is 9.96. The summed E-state index contributed by atoms with van der Waals surface area (Å²) < 4.78 is 10.7. The quantitative estimate of drug-likeness (QED) is 0.500. The van der Waals surface area contributed by atoms with Crippen molar-refractivity contribution in [2.75, 3.05) is 11.9 Å². The predicted molar refractivity (Wildman–Crippen MR) is 111 cm³/mol. The highest BCUT2D eigenvalue weighted by molar-refractivity contribution is 6.37. The van der Waals surface area contributed by atoms with E-state index in [0.29, 0.717) is 22.7 Å². The van der Waals surface area contributed by atoms with E-state index in [9.17, 15) is 14.7 Å². The molecule has 0 saturated heterocycles. The number of amides is 1. The molecule has 1 atom stereocenters. The molecule has 2 rings (SSSR count). The zero-order valence-electron chi connectivity index (χ0n) is 17.4. The normalized spacial score (nSPS) is 11.8. The minimum atomic E-state index is -0.929.